The van der Waals surface area contributed by atoms with E-state index < -0.39 is 0 Å². The van der Waals surface area contributed by atoms with Gasteiger partial charge in [0.25, 0.3) is 5.56 Å². The molecule has 2 aromatic rings. The lowest BCUT2D eigenvalue weighted by molar-refractivity contribution is -0.121. The molecule has 2 heterocycles. The largest absolute Gasteiger partial charge is 0.486 e. The summed E-state index contributed by atoms with van der Waals surface area (Å²) in [4.78, 5) is 23.5. The smallest absolute Gasteiger partial charge is 0.250 e. The predicted octanol–water partition coefficient (Wildman–Crippen LogP) is 1.63. The van der Waals surface area contributed by atoms with E-state index in [2.05, 4.69) is 5.32 Å². The van der Waals surface area contributed by atoms with Gasteiger partial charge < -0.3 is 19.4 Å². The van der Waals surface area contributed by atoms with Crippen molar-refractivity contribution in [2.24, 2.45) is 0 Å². The Bertz CT molecular complexity index is 803. The number of aromatic nitrogens is 1. The molecule has 1 aromatic carbocycles. The Labute approximate surface area is 144 Å². The van der Waals surface area contributed by atoms with Crippen LogP contribution in [-0.2, 0) is 17.8 Å². The molecule has 0 spiro atoms. The topological polar surface area (TPSA) is 69.6 Å². The SMILES string of the molecule is O=C(Cn1ccccc1=O)NCCc1cc(Cl)c2c(c1)OCCO2. The van der Waals surface area contributed by atoms with Gasteiger partial charge in [0.2, 0.25) is 5.91 Å². The molecule has 3 rings (SSSR count). The van der Waals surface area contributed by atoms with Crippen molar-refractivity contribution < 1.29 is 14.3 Å². The summed E-state index contributed by atoms with van der Waals surface area (Å²) in [6, 6.07) is 8.45. The summed E-state index contributed by atoms with van der Waals surface area (Å²) >= 11 is 6.18. The molecule has 6 nitrogen and oxygen atoms in total. The second kappa shape index (κ2) is 7.40. The number of fused-ring (bicyclic) bond motifs is 1. The normalized spacial score (nSPS) is 12.7. The van der Waals surface area contributed by atoms with Crippen molar-refractivity contribution in [2.75, 3.05) is 19.8 Å². The van der Waals surface area contributed by atoms with E-state index in [1.54, 1.807) is 18.3 Å². The molecule has 0 fully saturated rings. The van der Waals surface area contributed by atoms with Crippen molar-refractivity contribution in [3.63, 3.8) is 0 Å². The van der Waals surface area contributed by atoms with Crippen LogP contribution >= 0.6 is 11.6 Å². The van der Waals surface area contributed by atoms with Gasteiger partial charge in [0.15, 0.2) is 11.5 Å². The van der Waals surface area contributed by atoms with Gasteiger partial charge in [-0.25, -0.2) is 0 Å². The van der Waals surface area contributed by atoms with Crippen molar-refractivity contribution in [3.8, 4) is 11.5 Å². The van der Waals surface area contributed by atoms with Gasteiger partial charge in [-0.2, -0.15) is 0 Å². The summed E-state index contributed by atoms with van der Waals surface area (Å²) in [5.41, 5.74) is 0.743. The van der Waals surface area contributed by atoms with E-state index in [1.807, 2.05) is 12.1 Å². The molecule has 0 radical (unpaired) electrons. The summed E-state index contributed by atoms with van der Waals surface area (Å²) in [7, 11) is 0. The number of ether oxygens (including phenoxy) is 2. The Morgan fingerprint density at radius 2 is 2.08 bits per heavy atom. The molecule has 1 aromatic heterocycles. The van der Waals surface area contributed by atoms with Crippen molar-refractivity contribution in [3.05, 3.63) is 57.5 Å². The highest BCUT2D eigenvalue weighted by atomic mass is 35.5. The average molecular weight is 349 g/mol. The second-order valence-electron chi connectivity index (χ2n) is 5.37. The molecule has 126 valence electrons. The number of carbonyl (C=O) groups excluding carboxylic acids is 1. The van der Waals surface area contributed by atoms with E-state index in [1.165, 1.54) is 10.6 Å². The minimum atomic E-state index is -0.216. The van der Waals surface area contributed by atoms with E-state index in [4.69, 9.17) is 21.1 Å². The first-order chi connectivity index (χ1) is 11.6. The van der Waals surface area contributed by atoms with Crippen molar-refractivity contribution in [1.82, 2.24) is 9.88 Å². The number of carbonyl (C=O) groups is 1. The monoisotopic (exact) mass is 348 g/mol. The van der Waals surface area contributed by atoms with Gasteiger partial charge in [0, 0.05) is 18.8 Å². The van der Waals surface area contributed by atoms with E-state index in [9.17, 15) is 9.59 Å². The fraction of sp³-hybridized carbons (Fsp3) is 0.294. The van der Waals surface area contributed by atoms with E-state index in [-0.39, 0.29) is 18.0 Å². The number of hydrogen-bond donors (Lipinski definition) is 1. The van der Waals surface area contributed by atoms with Crippen molar-refractivity contribution in [2.45, 2.75) is 13.0 Å². The summed E-state index contributed by atoms with van der Waals surface area (Å²) in [6.07, 6.45) is 2.19. The number of halogens is 1. The van der Waals surface area contributed by atoms with Crippen LogP contribution in [0, 0.1) is 0 Å². The first-order valence-electron chi connectivity index (χ1n) is 7.63. The fourth-order valence-electron chi connectivity index (χ4n) is 2.46. The molecular formula is C17H17ClN2O4. The van der Waals surface area contributed by atoms with Gasteiger partial charge in [0.1, 0.15) is 19.8 Å². The molecule has 0 saturated carbocycles. The maximum absolute atomic E-state index is 11.9. The lowest BCUT2D eigenvalue weighted by Crippen LogP contribution is -2.32. The van der Waals surface area contributed by atoms with Gasteiger partial charge in [-0.05, 0) is 30.2 Å². The summed E-state index contributed by atoms with van der Waals surface area (Å²) in [5.74, 6) is 0.983. The molecule has 0 unspecified atom stereocenters. The van der Waals surface area contributed by atoms with Gasteiger partial charge in [0.05, 0.1) is 5.02 Å². The van der Waals surface area contributed by atoms with Crippen LogP contribution < -0.4 is 20.3 Å². The third-order valence-corrected chi connectivity index (χ3v) is 3.89. The highest BCUT2D eigenvalue weighted by Crippen LogP contribution is 2.38. The molecule has 1 aliphatic rings. The molecule has 1 aliphatic heterocycles. The van der Waals surface area contributed by atoms with E-state index >= 15 is 0 Å². The number of rotatable bonds is 5. The number of hydrogen-bond acceptors (Lipinski definition) is 4. The number of nitrogens with zero attached hydrogens (tertiary/aromatic N) is 1. The zero-order chi connectivity index (χ0) is 16.9. The van der Waals surface area contributed by atoms with Crippen LogP contribution in [0.15, 0.2) is 41.3 Å². The average Bonchev–Trinajstić information content (AvgIpc) is 2.57. The third-order valence-electron chi connectivity index (χ3n) is 3.61. The minimum Gasteiger partial charge on any atom is -0.486 e. The molecule has 0 aliphatic carbocycles. The molecule has 1 N–H and O–H groups in total. The van der Waals surface area contributed by atoms with Crippen LogP contribution in [0.1, 0.15) is 5.56 Å². The van der Waals surface area contributed by atoms with Crippen molar-refractivity contribution >= 4 is 17.5 Å². The first-order valence-corrected chi connectivity index (χ1v) is 8.01. The maximum atomic E-state index is 11.9. The molecule has 1 amide bonds. The van der Waals surface area contributed by atoms with Crippen LogP contribution in [0.5, 0.6) is 11.5 Å². The second-order valence-corrected chi connectivity index (χ2v) is 5.78. The van der Waals surface area contributed by atoms with Crippen LogP contribution in [0.2, 0.25) is 5.02 Å². The quantitative estimate of drug-likeness (QED) is 0.891. The molecule has 0 atom stereocenters. The Morgan fingerprint density at radius 1 is 1.25 bits per heavy atom. The molecule has 0 bridgehead atoms. The molecular weight excluding hydrogens is 332 g/mol. The van der Waals surface area contributed by atoms with Crippen LogP contribution in [0.3, 0.4) is 0 Å². The Kier molecular flexibility index (Phi) is 5.05. The summed E-state index contributed by atoms with van der Waals surface area (Å²) in [5, 5.41) is 3.30. The van der Waals surface area contributed by atoms with Crippen LogP contribution in [0.4, 0.5) is 0 Å². The fourth-order valence-corrected chi connectivity index (χ4v) is 2.74. The highest BCUT2D eigenvalue weighted by Gasteiger charge is 2.16. The summed E-state index contributed by atoms with van der Waals surface area (Å²) in [6.45, 7) is 1.42. The predicted molar refractivity (Wildman–Crippen MR) is 89.9 cm³/mol. The van der Waals surface area contributed by atoms with Gasteiger partial charge in [-0.3, -0.25) is 9.59 Å². The molecule has 7 heteroatoms. The van der Waals surface area contributed by atoms with Gasteiger partial charge >= 0.3 is 0 Å². The Hall–Kier alpha value is -2.47. The lowest BCUT2D eigenvalue weighted by atomic mass is 10.1. The van der Waals surface area contributed by atoms with Crippen LogP contribution in [0.25, 0.3) is 0 Å². The van der Waals surface area contributed by atoms with Crippen molar-refractivity contribution in [1.29, 1.82) is 0 Å². The molecule has 0 saturated heterocycles. The number of pyridine rings is 1. The maximum Gasteiger partial charge on any atom is 0.250 e. The van der Waals surface area contributed by atoms with Gasteiger partial charge in [-0.1, -0.05) is 17.7 Å². The molecule has 24 heavy (non-hydrogen) atoms. The number of nitrogens with one attached hydrogen (secondary N) is 1. The highest BCUT2D eigenvalue weighted by molar-refractivity contribution is 6.32. The van der Waals surface area contributed by atoms with Gasteiger partial charge in [-0.15, -0.1) is 0 Å². The van der Waals surface area contributed by atoms with E-state index in [0.717, 1.165) is 5.56 Å². The summed E-state index contributed by atoms with van der Waals surface area (Å²) < 4.78 is 12.4. The van der Waals surface area contributed by atoms with Crippen LogP contribution in [-0.4, -0.2) is 30.2 Å². The zero-order valence-electron chi connectivity index (χ0n) is 13.0. The lowest BCUT2D eigenvalue weighted by Gasteiger charge is -2.20. The Balaban J connectivity index is 1.55. The minimum absolute atomic E-state index is 0.00156. The zero-order valence-corrected chi connectivity index (χ0v) is 13.7. The number of amides is 1. The first kappa shape index (κ1) is 16.4. The Morgan fingerprint density at radius 3 is 2.92 bits per heavy atom. The third kappa shape index (κ3) is 3.89. The number of benzene rings is 1. The van der Waals surface area contributed by atoms with E-state index in [0.29, 0.717) is 42.7 Å². The standard InChI is InChI=1S/C17H17ClN2O4/c18-13-9-12(10-14-17(13)24-8-7-23-14)4-5-19-15(21)11-20-6-2-1-3-16(20)22/h1-3,6,9-10H,4-5,7-8,11H2,(H,19,21).